The number of amides is 1. The first-order valence-corrected chi connectivity index (χ1v) is 12.4. The van der Waals surface area contributed by atoms with Gasteiger partial charge in [-0.15, -0.1) is 11.3 Å². The van der Waals surface area contributed by atoms with Gasteiger partial charge in [0.15, 0.2) is 28.1 Å². The van der Waals surface area contributed by atoms with Gasteiger partial charge in [0.2, 0.25) is 5.91 Å². The Balaban J connectivity index is 1.59. The molecule has 1 N–H and O–H groups in total. The van der Waals surface area contributed by atoms with E-state index >= 15 is 0 Å². The average molecular weight is 497 g/mol. The molecule has 2 aromatic carbocycles. The Labute approximate surface area is 210 Å². The number of hydrogen-bond acceptors (Lipinski definition) is 7. The van der Waals surface area contributed by atoms with Crippen LogP contribution in [0.2, 0.25) is 0 Å². The van der Waals surface area contributed by atoms with Gasteiger partial charge >= 0.3 is 0 Å². The average Bonchev–Trinajstić information content (AvgIpc) is 3.35. The number of carbonyl (C=O) groups is 1. The molecule has 0 fully saturated rings. The van der Waals surface area contributed by atoms with Gasteiger partial charge in [-0.25, -0.2) is 4.98 Å². The third-order valence-corrected chi connectivity index (χ3v) is 6.04. The fourth-order valence-electron chi connectivity index (χ4n) is 3.40. The smallest absolute Gasteiger partial charge is 0.250 e. The summed E-state index contributed by atoms with van der Waals surface area (Å²) in [4.78, 5) is 17.0. The Morgan fingerprint density at radius 1 is 0.943 bits per heavy atom. The summed E-state index contributed by atoms with van der Waals surface area (Å²) in [5, 5.41) is 5.20. The normalized spacial score (nSPS) is 10.9. The summed E-state index contributed by atoms with van der Waals surface area (Å²) >= 11 is 1.35. The number of anilines is 1. The van der Waals surface area contributed by atoms with Crippen molar-refractivity contribution in [2.24, 2.45) is 0 Å². The topological polar surface area (TPSA) is 78.9 Å². The Morgan fingerprint density at radius 2 is 1.69 bits per heavy atom. The fourth-order valence-corrected chi connectivity index (χ4v) is 4.12. The summed E-state index contributed by atoms with van der Waals surface area (Å²) in [5.74, 6) is 2.34. The van der Waals surface area contributed by atoms with Crippen molar-refractivity contribution in [1.29, 1.82) is 0 Å². The van der Waals surface area contributed by atoms with Crippen LogP contribution in [0.15, 0.2) is 47.9 Å². The standard InChI is InChI=1S/C27H32N2O5S/c1-5-6-7-8-15-34-23-12-9-19(16-24(23)32-3)10-14-26(30)29-27-28-21(18-35-27)20-11-13-22(31-2)25(17-20)33-4/h9-14,16-18H,5-8,15H2,1-4H3,(H,28,29,30)/b14-10+. The molecule has 0 unspecified atom stereocenters. The van der Waals surface area contributed by atoms with Crippen molar-refractivity contribution in [3.8, 4) is 34.3 Å². The second kappa shape index (κ2) is 13.4. The lowest BCUT2D eigenvalue weighted by atomic mass is 10.1. The van der Waals surface area contributed by atoms with E-state index in [2.05, 4.69) is 17.2 Å². The molecule has 0 aliphatic heterocycles. The molecule has 7 nitrogen and oxygen atoms in total. The third-order valence-electron chi connectivity index (χ3n) is 5.28. The molecule has 0 aliphatic rings. The first-order valence-electron chi connectivity index (χ1n) is 11.6. The van der Waals surface area contributed by atoms with Crippen LogP contribution in [0.3, 0.4) is 0 Å². The SMILES string of the molecule is CCCCCCOc1ccc(/C=C/C(=O)Nc2nc(-c3ccc(OC)c(OC)c3)cs2)cc1OC. The fraction of sp³-hybridized carbons (Fsp3) is 0.333. The molecule has 186 valence electrons. The number of ether oxygens (including phenoxy) is 4. The van der Waals surface area contributed by atoms with E-state index in [4.69, 9.17) is 18.9 Å². The number of hydrogen-bond donors (Lipinski definition) is 1. The molecule has 8 heteroatoms. The predicted octanol–water partition coefficient (Wildman–Crippen LogP) is 6.45. The number of methoxy groups -OCH3 is 3. The number of thiazole rings is 1. The van der Waals surface area contributed by atoms with Crippen LogP contribution in [0, 0.1) is 0 Å². The second-order valence-corrected chi connectivity index (χ2v) is 8.61. The number of unbranched alkanes of at least 4 members (excludes halogenated alkanes) is 3. The van der Waals surface area contributed by atoms with Crippen LogP contribution in [0.25, 0.3) is 17.3 Å². The zero-order chi connectivity index (χ0) is 25.0. The van der Waals surface area contributed by atoms with E-state index in [9.17, 15) is 4.79 Å². The molecule has 0 aliphatic carbocycles. The van der Waals surface area contributed by atoms with Gasteiger partial charge in [-0.1, -0.05) is 32.3 Å². The molecule has 0 radical (unpaired) electrons. The van der Waals surface area contributed by atoms with Crippen LogP contribution >= 0.6 is 11.3 Å². The number of rotatable bonds is 13. The molecule has 35 heavy (non-hydrogen) atoms. The van der Waals surface area contributed by atoms with E-state index in [0.717, 1.165) is 29.7 Å². The van der Waals surface area contributed by atoms with E-state index in [0.29, 0.717) is 34.7 Å². The summed E-state index contributed by atoms with van der Waals surface area (Å²) in [6, 6.07) is 11.2. The minimum atomic E-state index is -0.270. The van der Waals surface area contributed by atoms with Crippen LogP contribution in [-0.4, -0.2) is 38.8 Å². The quantitative estimate of drug-likeness (QED) is 0.216. The van der Waals surface area contributed by atoms with Gasteiger partial charge < -0.3 is 18.9 Å². The van der Waals surface area contributed by atoms with Crippen molar-refractivity contribution in [3.63, 3.8) is 0 Å². The van der Waals surface area contributed by atoms with Crippen molar-refractivity contribution < 1.29 is 23.7 Å². The highest BCUT2D eigenvalue weighted by molar-refractivity contribution is 7.14. The Morgan fingerprint density at radius 3 is 2.43 bits per heavy atom. The molecule has 0 saturated heterocycles. The van der Waals surface area contributed by atoms with Gasteiger partial charge in [0.25, 0.3) is 0 Å². The van der Waals surface area contributed by atoms with Crippen LogP contribution in [0.1, 0.15) is 38.2 Å². The van der Waals surface area contributed by atoms with Crippen molar-refractivity contribution in [1.82, 2.24) is 4.98 Å². The maximum atomic E-state index is 12.4. The summed E-state index contributed by atoms with van der Waals surface area (Å²) < 4.78 is 21.9. The third kappa shape index (κ3) is 7.48. The molecule has 3 rings (SSSR count). The number of aromatic nitrogens is 1. The monoisotopic (exact) mass is 496 g/mol. The summed E-state index contributed by atoms with van der Waals surface area (Å²) in [5.41, 5.74) is 2.44. The summed E-state index contributed by atoms with van der Waals surface area (Å²) in [6.07, 6.45) is 7.78. The lowest BCUT2D eigenvalue weighted by Crippen LogP contribution is -2.07. The lowest BCUT2D eigenvalue weighted by Gasteiger charge is -2.11. The van der Waals surface area contributed by atoms with Crippen molar-refractivity contribution in [3.05, 3.63) is 53.4 Å². The first kappa shape index (κ1) is 26.1. The Hall–Kier alpha value is -3.52. The maximum absolute atomic E-state index is 12.4. The highest BCUT2D eigenvalue weighted by atomic mass is 32.1. The lowest BCUT2D eigenvalue weighted by molar-refractivity contribution is -0.111. The van der Waals surface area contributed by atoms with Crippen LogP contribution in [0.4, 0.5) is 5.13 Å². The molecule has 1 aromatic heterocycles. The number of benzene rings is 2. The molecule has 1 heterocycles. The van der Waals surface area contributed by atoms with Crippen LogP contribution < -0.4 is 24.3 Å². The largest absolute Gasteiger partial charge is 0.493 e. The van der Waals surface area contributed by atoms with E-state index in [-0.39, 0.29) is 5.91 Å². The Bertz CT molecular complexity index is 1140. The van der Waals surface area contributed by atoms with Crippen LogP contribution in [-0.2, 0) is 4.79 Å². The highest BCUT2D eigenvalue weighted by Crippen LogP contribution is 2.33. The zero-order valence-electron chi connectivity index (χ0n) is 20.6. The highest BCUT2D eigenvalue weighted by Gasteiger charge is 2.11. The van der Waals surface area contributed by atoms with Crippen molar-refractivity contribution in [2.45, 2.75) is 32.6 Å². The van der Waals surface area contributed by atoms with E-state index in [1.807, 2.05) is 41.8 Å². The van der Waals surface area contributed by atoms with Gasteiger partial charge in [0, 0.05) is 17.0 Å². The molecule has 3 aromatic rings. The van der Waals surface area contributed by atoms with Gasteiger partial charge in [0.1, 0.15) is 0 Å². The molecular weight excluding hydrogens is 464 g/mol. The summed E-state index contributed by atoms with van der Waals surface area (Å²) in [6.45, 7) is 2.85. The van der Waals surface area contributed by atoms with E-state index in [1.165, 1.54) is 30.3 Å². The molecule has 0 saturated carbocycles. The molecular formula is C27H32N2O5S. The number of nitrogens with zero attached hydrogens (tertiary/aromatic N) is 1. The van der Waals surface area contributed by atoms with Gasteiger partial charge in [-0.2, -0.15) is 0 Å². The van der Waals surface area contributed by atoms with Crippen molar-refractivity contribution in [2.75, 3.05) is 33.3 Å². The minimum Gasteiger partial charge on any atom is -0.493 e. The first-order chi connectivity index (χ1) is 17.1. The minimum absolute atomic E-state index is 0.270. The Kier molecular flexibility index (Phi) is 9.98. The van der Waals surface area contributed by atoms with Gasteiger partial charge in [-0.05, 0) is 48.4 Å². The molecule has 1 amide bonds. The zero-order valence-corrected chi connectivity index (χ0v) is 21.4. The molecule has 0 bridgehead atoms. The van der Waals surface area contributed by atoms with Gasteiger partial charge in [-0.3, -0.25) is 10.1 Å². The van der Waals surface area contributed by atoms with Gasteiger partial charge in [0.05, 0.1) is 33.6 Å². The predicted molar refractivity (Wildman–Crippen MR) is 141 cm³/mol. The maximum Gasteiger partial charge on any atom is 0.250 e. The number of nitrogens with one attached hydrogen (secondary N) is 1. The number of carbonyl (C=O) groups excluding carboxylic acids is 1. The second-order valence-electron chi connectivity index (χ2n) is 7.75. The molecule has 0 spiro atoms. The van der Waals surface area contributed by atoms with Crippen molar-refractivity contribution >= 4 is 28.5 Å². The van der Waals surface area contributed by atoms with E-state index < -0.39 is 0 Å². The van der Waals surface area contributed by atoms with Crippen LogP contribution in [0.5, 0.6) is 23.0 Å². The van der Waals surface area contributed by atoms with E-state index in [1.54, 1.807) is 27.4 Å². The summed E-state index contributed by atoms with van der Waals surface area (Å²) in [7, 11) is 4.79. The molecule has 0 atom stereocenters.